The third kappa shape index (κ3) is 20.7. The van der Waals surface area contributed by atoms with Gasteiger partial charge in [0.15, 0.2) is 0 Å². The maximum Gasteiger partial charge on any atom is 0.251 e. The highest BCUT2D eigenvalue weighted by Gasteiger charge is 2.26. The van der Waals surface area contributed by atoms with Crippen molar-refractivity contribution in [3.05, 3.63) is 84.9 Å². The van der Waals surface area contributed by atoms with Crippen LogP contribution in [-0.2, 0) is 57.3 Å². The maximum atomic E-state index is 13.6. The van der Waals surface area contributed by atoms with Crippen LogP contribution < -0.4 is 16.8 Å². The number of nitrogens with zero attached hydrogens (tertiary/aromatic N) is 7. The van der Waals surface area contributed by atoms with Gasteiger partial charge in [-0.05, 0) is 58.8 Å². The molecule has 0 aliphatic rings. The van der Waals surface area contributed by atoms with E-state index in [4.69, 9.17) is 60.4 Å². The highest BCUT2D eigenvalue weighted by Crippen LogP contribution is 2.26. The van der Waals surface area contributed by atoms with E-state index in [0.29, 0.717) is 71.6 Å². The lowest BCUT2D eigenvalue weighted by Crippen LogP contribution is -2.30. The van der Waals surface area contributed by atoms with Crippen LogP contribution in [0.25, 0.3) is 20.9 Å². The number of ether oxygens (including phenoxy) is 8. The molecule has 1 aromatic heterocycles. The minimum atomic E-state index is -0.838. The topological polar surface area (TPSA) is 300 Å². The van der Waals surface area contributed by atoms with Crippen LogP contribution in [0.1, 0.15) is 47.8 Å². The van der Waals surface area contributed by atoms with Gasteiger partial charge in [-0.1, -0.05) is 10.2 Å². The fourth-order valence-corrected chi connectivity index (χ4v) is 4.96. The third-order valence-electron chi connectivity index (χ3n) is 7.52. The number of amides is 3. The Hall–Kier alpha value is -4.92. The number of pyridine rings is 1. The Morgan fingerprint density at radius 2 is 0.982 bits per heavy atom. The van der Waals surface area contributed by atoms with Gasteiger partial charge in [0.2, 0.25) is 11.8 Å². The lowest BCUT2D eigenvalue weighted by atomic mass is 9.87. The standard InChI is InChI=1S/C35H52N10O11/c36-33(46)30-25-31(35(48)41-26-27-1-5-40-6-2-27)29(4-10-50-14-18-54-22-24-56-20-16-52-12-8-43-45-39)32(34(37)47)28(30)3-9-49-13-17-53-21-23-55-19-15-51-11-7-42-44-38/h1-2,5-6,25H,3-4,7-24,26H2,(H2,36,46)(H2,37,47)(H,41,48). The van der Waals surface area contributed by atoms with Crippen LogP contribution >= 0.6 is 0 Å². The second-order valence-corrected chi connectivity index (χ2v) is 11.4. The summed E-state index contributed by atoms with van der Waals surface area (Å²) in [5.74, 6) is -2.21. The predicted molar refractivity (Wildman–Crippen MR) is 201 cm³/mol. The molecule has 0 saturated heterocycles. The number of nitrogens with one attached hydrogen (secondary N) is 1. The van der Waals surface area contributed by atoms with E-state index in [1.807, 2.05) is 0 Å². The molecular formula is C35H52N10O11. The monoisotopic (exact) mass is 788 g/mol. The van der Waals surface area contributed by atoms with E-state index in [9.17, 15) is 14.4 Å². The first-order valence-electron chi connectivity index (χ1n) is 18.0. The largest absolute Gasteiger partial charge is 0.379 e. The Morgan fingerprint density at radius 3 is 1.38 bits per heavy atom. The molecular weight excluding hydrogens is 736 g/mol. The number of hydrogen-bond donors (Lipinski definition) is 3. The van der Waals surface area contributed by atoms with Crippen molar-refractivity contribution < 1.29 is 52.3 Å². The molecule has 0 radical (unpaired) electrons. The summed E-state index contributed by atoms with van der Waals surface area (Å²) in [6.45, 7) is 5.33. The molecule has 0 spiro atoms. The smallest absolute Gasteiger partial charge is 0.251 e. The maximum absolute atomic E-state index is 13.6. The van der Waals surface area contributed by atoms with E-state index in [2.05, 4.69) is 30.4 Å². The number of nitrogens with two attached hydrogens (primary N) is 2. The molecule has 21 heteroatoms. The van der Waals surface area contributed by atoms with Gasteiger partial charge in [-0.25, -0.2) is 0 Å². The molecule has 1 aromatic carbocycles. The second kappa shape index (κ2) is 31.3. The van der Waals surface area contributed by atoms with Crippen molar-refractivity contribution in [3.63, 3.8) is 0 Å². The zero-order valence-corrected chi connectivity index (χ0v) is 31.5. The van der Waals surface area contributed by atoms with Crippen molar-refractivity contribution in [3.8, 4) is 0 Å². The number of rotatable bonds is 35. The summed E-state index contributed by atoms with van der Waals surface area (Å²) < 4.78 is 43.9. The second-order valence-electron chi connectivity index (χ2n) is 11.4. The Bertz CT molecular complexity index is 1540. The van der Waals surface area contributed by atoms with Gasteiger partial charge in [-0.15, -0.1) is 0 Å². The van der Waals surface area contributed by atoms with Crippen molar-refractivity contribution in [2.75, 3.05) is 119 Å². The van der Waals surface area contributed by atoms with Crippen LogP contribution in [0.2, 0.25) is 0 Å². The highest BCUT2D eigenvalue weighted by atomic mass is 16.6. The number of azide groups is 2. The molecule has 308 valence electrons. The van der Waals surface area contributed by atoms with Gasteiger partial charge in [0.25, 0.3) is 5.91 Å². The summed E-state index contributed by atoms with van der Waals surface area (Å²) in [7, 11) is 0. The summed E-state index contributed by atoms with van der Waals surface area (Å²) in [6.07, 6.45) is 3.41. The zero-order chi connectivity index (χ0) is 40.5. The Labute approximate surface area is 324 Å². The number of hydrogen-bond acceptors (Lipinski definition) is 14. The van der Waals surface area contributed by atoms with E-state index >= 15 is 0 Å². The van der Waals surface area contributed by atoms with Gasteiger partial charge in [0, 0.05) is 58.5 Å². The van der Waals surface area contributed by atoms with Crippen LogP contribution in [0.5, 0.6) is 0 Å². The van der Waals surface area contributed by atoms with Gasteiger partial charge in [-0.3, -0.25) is 19.4 Å². The number of carbonyl (C=O) groups excluding carboxylic acids is 3. The number of carbonyl (C=O) groups is 3. The SMILES string of the molecule is [N-]=[N+]=NCCOCCOCCOCCOCCc1c(C(N)=O)cc(C(=O)NCc2ccncc2)c(CCOCCOCCOCCOCCN=[N+]=[N-])c1C(N)=O. The van der Waals surface area contributed by atoms with Gasteiger partial charge in [0.1, 0.15) is 0 Å². The summed E-state index contributed by atoms with van der Waals surface area (Å²) >= 11 is 0. The molecule has 5 N–H and O–H groups in total. The van der Waals surface area contributed by atoms with E-state index in [-0.39, 0.29) is 94.4 Å². The molecule has 0 aliphatic heterocycles. The van der Waals surface area contributed by atoms with Crippen LogP contribution in [0, 0.1) is 0 Å². The molecule has 56 heavy (non-hydrogen) atoms. The predicted octanol–water partition coefficient (Wildman–Crippen LogP) is 2.05. The Balaban J connectivity index is 1.95. The lowest BCUT2D eigenvalue weighted by molar-refractivity contribution is -0.000770. The minimum absolute atomic E-state index is 0.00732. The van der Waals surface area contributed by atoms with E-state index < -0.39 is 17.7 Å². The third-order valence-corrected chi connectivity index (χ3v) is 7.52. The molecule has 2 rings (SSSR count). The lowest BCUT2D eigenvalue weighted by Gasteiger charge is -2.20. The highest BCUT2D eigenvalue weighted by molar-refractivity contribution is 6.07. The van der Waals surface area contributed by atoms with Gasteiger partial charge < -0.3 is 54.7 Å². The number of benzene rings is 1. The number of aromatic nitrogens is 1. The molecule has 0 atom stereocenters. The van der Waals surface area contributed by atoms with Crippen molar-refractivity contribution in [1.29, 1.82) is 0 Å². The molecule has 1 heterocycles. The molecule has 3 amide bonds. The summed E-state index contributed by atoms with van der Waals surface area (Å²) in [5.41, 5.74) is 29.6. The van der Waals surface area contributed by atoms with Gasteiger partial charge in [-0.2, -0.15) is 0 Å². The minimum Gasteiger partial charge on any atom is -0.379 e. The fraction of sp³-hybridized carbons (Fsp3) is 0.600. The van der Waals surface area contributed by atoms with Gasteiger partial charge >= 0.3 is 0 Å². The summed E-state index contributed by atoms with van der Waals surface area (Å²) in [6, 6.07) is 4.87. The zero-order valence-electron chi connectivity index (χ0n) is 31.5. The summed E-state index contributed by atoms with van der Waals surface area (Å²) in [4.78, 5) is 48.6. The first-order chi connectivity index (χ1) is 27.4. The first kappa shape index (κ1) is 47.2. The van der Waals surface area contributed by atoms with Crippen molar-refractivity contribution in [1.82, 2.24) is 10.3 Å². The van der Waals surface area contributed by atoms with Crippen molar-refractivity contribution in [2.24, 2.45) is 21.7 Å². The molecule has 21 nitrogen and oxygen atoms in total. The number of primary amides is 2. The van der Waals surface area contributed by atoms with Crippen LogP contribution in [0.15, 0.2) is 40.8 Å². The Morgan fingerprint density at radius 1 is 0.589 bits per heavy atom. The molecule has 2 aromatic rings. The van der Waals surface area contributed by atoms with E-state index in [1.165, 1.54) is 6.07 Å². The molecule has 0 fully saturated rings. The fourth-order valence-electron chi connectivity index (χ4n) is 4.96. The van der Waals surface area contributed by atoms with Gasteiger partial charge in [0.05, 0.1) is 106 Å². The molecule has 0 aliphatic carbocycles. The van der Waals surface area contributed by atoms with Crippen LogP contribution in [0.3, 0.4) is 0 Å². The average Bonchev–Trinajstić information content (AvgIpc) is 3.19. The van der Waals surface area contributed by atoms with E-state index in [1.54, 1.807) is 24.5 Å². The van der Waals surface area contributed by atoms with Crippen LogP contribution in [-0.4, -0.2) is 142 Å². The van der Waals surface area contributed by atoms with Crippen molar-refractivity contribution in [2.45, 2.75) is 19.4 Å². The van der Waals surface area contributed by atoms with E-state index in [0.717, 1.165) is 5.56 Å². The molecule has 0 saturated carbocycles. The summed E-state index contributed by atoms with van der Waals surface area (Å²) in [5, 5.41) is 9.57. The molecule has 0 bridgehead atoms. The van der Waals surface area contributed by atoms with Crippen molar-refractivity contribution >= 4 is 17.7 Å². The first-order valence-corrected chi connectivity index (χ1v) is 18.0. The van der Waals surface area contributed by atoms with Crippen LogP contribution in [0.4, 0.5) is 0 Å². The normalized spacial score (nSPS) is 10.8. The Kier molecular flexibility index (Phi) is 26.4. The quantitative estimate of drug-likeness (QED) is 0.0391. The molecule has 0 unspecified atom stereocenters. The average molecular weight is 789 g/mol.